The fraction of sp³-hybridized carbons (Fsp3) is 0.351. The van der Waals surface area contributed by atoms with Gasteiger partial charge in [0.1, 0.15) is 17.5 Å². The lowest BCUT2D eigenvalue weighted by molar-refractivity contribution is -0.295. The monoisotopic (exact) mass is 614 g/mol. The minimum absolute atomic E-state index is 0.0698. The molecule has 0 aromatic heterocycles. The van der Waals surface area contributed by atoms with E-state index in [9.17, 15) is 5.11 Å². The first-order chi connectivity index (χ1) is 21.5. The molecule has 0 spiro atoms. The summed E-state index contributed by atoms with van der Waals surface area (Å²) in [6, 6.07) is 34.2. The van der Waals surface area contributed by atoms with Crippen molar-refractivity contribution in [2.75, 3.05) is 19.8 Å². The summed E-state index contributed by atoms with van der Waals surface area (Å²) in [7, 11) is 0. The number of rotatable bonds is 13. The van der Waals surface area contributed by atoms with E-state index in [0.717, 1.165) is 33.6 Å². The van der Waals surface area contributed by atoms with Gasteiger partial charge < -0.3 is 28.8 Å². The zero-order valence-electron chi connectivity index (χ0n) is 25.0. The number of halogens is 1. The molecule has 44 heavy (non-hydrogen) atoms. The van der Waals surface area contributed by atoms with E-state index in [2.05, 4.69) is 30.3 Å². The summed E-state index contributed by atoms with van der Waals surface area (Å²) in [6.07, 6.45) is 0.618. The number of ether oxygens (including phenoxy) is 5. The van der Waals surface area contributed by atoms with Gasteiger partial charge in [-0.2, -0.15) is 0 Å². The minimum Gasteiger partial charge on any atom is -0.494 e. The van der Waals surface area contributed by atoms with E-state index in [1.807, 2.05) is 79.7 Å². The van der Waals surface area contributed by atoms with Crippen LogP contribution in [0.1, 0.15) is 47.6 Å². The lowest BCUT2D eigenvalue weighted by atomic mass is 9.83. The average molecular weight is 615 g/mol. The molecule has 6 nitrogen and oxygen atoms in total. The highest BCUT2D eigenvalue weighted by Gasteiger charge is 2.63. The summed E-state index contributed by atoms with van der Waals surface area (Å²) in [5.74, 6) is -0.225. The second-order valence-corrected chi connectivity index (χ2v) is 11.9. The smallest absolute Gasteiger partial charge is 0.198 e. The molecule has 2 fully saturated rings. The predicted molar refractivity (Wildman–Crippen MR) is 170 cm³/mol. The predicted octanol–water partition coefficient (Wildman–Crippen LogP) is 7.22. The van der Waals surface area contributed by atoms with E-state index in [4.69, 9.17) is 35.3 Å². The number of fused-ring (bicyclic) bond motifs is 2. The van der Waals surface area contributed by atoms with Crippen LogP contribution < -0.4 is 4.74 Å². The molecule has 2 aliphatic heterocycles. The van der Waals surface area contributed by atoms with E-state index < -0.39 is 17.5 Å². The van der Waals surface area contributed by atoms with E-state index in [1.54, 1.807) is 0 Å². The molecule has 4 aromatic rings. The highest BCUT2D eigenvalue weighted by atomic mass is 35.5. The average Bonchev–Trinajstić information content (AvgIpc) is 3.37. The summed E-state index contributed by atoms with van der Waals surface area (Å²) in [6.45, 7) is 3.62. The third kappa shape index (κ3) is 6.71. The zero-order chi connectivity index (χ0) is 30.4. The molecule has 4 aromatic carbocycles. The fourth-order valence-electron chi connectivity index (χ4n) is 6.27. The quantitative estimate of drug-likeness (QED) is 0.171. The Labute approximate surface area is 264 Å². The number of benzene rings is 4. The van der Waals surface area contributed by atoms with Crippen molar-refractivity contribution in [3.8, 4) is 5.75 Å². The van der Waals surface area contributed by atoms with Crippen molar-refractivity contribution < 1.29 is 28.8 Å². The van der Waals surface area contributed by atoms with Gasteiger partial charge in [0.25, 0.3) is 0 Å². The Balaban J connectivity index is 1.30. The molecule has 2 aliphatic rings. The normalized spacial score (nSPS) is 24.3. The Morgan fingerprint density at radius 1 is 0.841 bits per heavy atom. The van der Waals surface area contributed by atoms with Crippen molar-refractivity contribution >= 4 is 11.6 Å². The minimum atomic E-state index is -1.07. The molecule has 0 amide bonds. The molecule has 1 unspecified atom stereocenters. The summed E-state index contributed by atoms with van der Waals surface area (Å²) < 4.78 is 32.4. The van der Waals surface area contributed by atoms with Crippen molar-refractivity contribution in [2.45, 2.75) is 63.0 Å². The lowest BCUT2D eigenvalue weighted by Gasteiger charge is -2.47. The first-order valence-electron chi connectivity index (χ1n) is 15.3. The SMILES string of the molecule is CCOc1ccc(Cc2cc([C@]34CC(OCc5ccccc5)[C@H](OCc5ccccc5)[C@](CCO)(CO3)O4)ccc2Cl)cc1. The van der Waals surface area contributed by atoms with Gasteiger partial charge in [0, 0.05) is 30.0 Å². The molecule has 7 heteroatoms. The van der Waals surface area contributed by atoms with Crippen LogP contribution >= 0.6 is 11.6 Å². The van der Waals surface area contributed by atoms with Crippen LogP contribution in [0.3, 0.4) is 0 Å². The van der Waals surface area contributed by atoms with Crippen LogP contribution in [-0.4, -0.2) is 42.7 Å². The van der Waals surface area contributed by atoms with Crippen molar-refractivity contribution in [3.63, 3.8) is 0 Å². The fourth-order valence-corrected chi connectivity index (χ4v) is 6.46. The molecule has 2 bridgehead atoms. The van der Waals surface area contributed by atoms with Gasteiger partial charge in [0.15, 0.2) is 5.79 Å². The molecular weight excluding hydrogens is 576 g/mol. The number of hydrogen-bond acceptors (Lipinski definition) is 6. The van der Waals surface area contributed by atoms with E-state index in [0.29, 0.717) is 44.1 Å². The van der Waals surface area contributed by atoms with Gasteiger partial charge in [-0.05, 0) is 59.9 Å². The highest BCUT2D eigenvalue weighted by molar-refractivity contribution is 6.31. The number of hydrogen-bond donors (Lipinski definition) is 1. The molecule has 2 saturated heterocycles. The highest BCUT2D eigenvalue weighted by Crippen LogP contribution is 2.53. The Bertz CT molecular complexity index is 1500. The molecule has 0 aliphatic carbocycles. The Morgan fingerprint density at radius 3 is 2.18 bits per heavy atom. The van der Waals surface area contributed by atoms with Crippen LogP contribution in [0, 0.1) is 0 Å². The maximum Gasteiger partial charge on any atom is 0.198 e. The Morgan fingerprint density at radius 2 is 1.52 bits per heavy atom. The summed E-state index contributed by atoms with van der Waals surface area (Å²) in [4.78, 5) is 0. The van der Waals surface area contributed by atoms with Crippen molar-refractivity contribution in [1.82, 2.24) is 0 Å². The van der Waals surface area contributed by atoms with Gasteiger partial charge in [0.2, 0.25) is 0 Å². The maximum absolute atomic E-state index is 10.2. The second-order valence-electron chi connectivity index (χ2n) is 11.5. The molecular formula is C37H39ClO6. The van der Waals surface area contributed by atoms with Crippen LogP contribution in [-0.2, 0) is 44.4 Å². The largest absolute Gasteiger partial charge is 0.494 e. The molecule has 6 rings (SSSR count). The van der Waals surface area contributed by atoms with Crippen molar-refractivity contribution in [2.24, 2.45) is 0 Å². The molecule has 230 valence electrons. The molecule has 4 atom stereocenters. The third-order valence-electron chi connectivity index (χ3n) is 8.47. The standard InChI is InChI=1S/C37H39ClO6/c1-2-40-32-16-13-27(14-17-32)21-30-22-31(15-18-33(30)38)37-23-34(41-24-28-9-5-3-6-10-28)35(36(44-37,19-20-39)26-43-37)42-25-29-11-7-4-8-12-29/h3-18,22,34-35,39H,2,19-21,23-26H2,1H3/t34?,35-,36-,37+/m0/s1. The summed E-state index contributed by atoms with van der Waals surface area (Å²) >= 11 is 6.73. The van der Waals surface area contributed by atoms with Gasteiger partial charge >= 0.3 is 0 Å². The third-order valence-corrected chi connectivity index (χ3v) is 8.84. The van der Waals surface area contributed by atoms with E-state index in [1.165, 1.54) is 0 Å². The summed E-state index contributed by atoms with van der Waals surface area (Å²) in [5.41, 5.74) is 4.20. The van der Waals surface area contributed by atoms with E-state index >= 15 is 0 Å². The zero-order valence-corrected chi connectivity index (χ0v) is 25.7. The maximum atomic E-state index is 10.2. The molecule has 1 N–H and O–H groups in total. The number of aliphatic hydroxyl groups excluding tert-OH is 1. The summed E-state index contributed by atoms with van der Waals surface area (Å²) in [5, 5.41) is 10.9. The number of aliphatic hydroxyl groups is 1. The second kappa shape index (κ2) is 13.8. The molecule has 0 radical (unpaired) electrons. The van der Waals surface area contributed by atoms with Gasteiger partial charge in [-0.25, -0.2) is 0 Å². The van der Waals surface area contributed by atoms with Crippen LogP contribution in [0.5, 0.6) is 5.75 Å². The van der Waals surface area contributed by atoms with Gasteiger partial charge in [-0.1, -0.05) is 90.5 Å². The van der Waals surface area contributed by atoms with Crippen molar-refractivity contribution in [3.05, 3.63) is 136 Å². The Kier molecular flexibility index (Phi) is 9.67. The van der Waals surface area contributed by atoms with Crippen molar-refractivity contribution in [1.29, 1.82) is 0 Å². The lowest BCUT2D eigenvalue weighted by Crippen LogP contribution is -2.59. The van der Waals surface area contributed by atoms with Gasteiger partial charge in [-0.15, -0.1) is 0 Å². The van der Waals surface area contributed by atoms with Crippen LogP contribution in [0.15, 0.2) is 103 Å². The van der Waals surface area contributed by atoms with Gasteiger partial charge in [0.05, 0.1) is 32.5 Å². The topological polar surface area (TPSA) is 66.4 Å². The van der Waals surface area contributed by atoms with E-state index in [-0.39, 0.29) is 19.3 Å². The van der Waals surface area contributed by atoms with Crippen LogP contribution in [0.2, 0.25) is 5.02 Å². The van der Waals surface area contributed by atoms with Crippen LogP contribution in [0.4, 0.5) is 0 Å². The molecule has 2 heterocycles. The van der Waals surface area contributed by atoms with Crippen LogP contribution in [0.25, 0.3) is 0 Å². The Hall–Kier alpha value is -3.23. The molecule has 0 saturated carbocycles. The van der Waals surface area contributed by atoms with Gasteiger partial charge in [-0.3, -0.25) is 0 Å². The first kappa shape index (κ1) is 30.8. The first-order valence-corrected chi connectivity index (χ1v) is 15.7.